The zero-order valence-electron chi connectivity index (χ0n) is 15.5. The van der Waals surface area contributed by atoms with E-state index in [2.05, 4.69) is 38.5 Å². The third kappa shape index (κ3) is 7.42. The number of benzene rings is 2. The van der Waals surface area contributed by atoms with Gasteiger partial charge in [-0.15, -0.1) is 0 Å². The molecule has 2 rings (SSSR count). The predicted octanol–water partition coefficient (Wildman–Crippen LogP) is 4.88. The number of amides is 1. The second kappa shape index (κ2) is 11.3. The van der Waals surface area contributed by atoms with Crippen LogP contribution in [0, 0.1) is 3.57 Å². The van der Waals surface area contributed by atoms with E-state index < -0.39 is 21.8 Å². The highest BCUT2D eigenvalue weighted by Gasteiger charge is 2.35. The first-order valence-electron chi connectivity index (χ1n) is 8.58. The molecule has 0 aliphatic carbocycles. The molecule has 0 aromatic heterocycles. The Labute approximate surface area is 208 Å². The first kappa shape index (κ1) is 24.9. The maximum atomic E-state index is 12.6. The number of alkyl halides is 3. The van der Waals surface area contributed by atoms with Gasteiger partial charge < -0.3 is 20.7 Å². The van der Waals surface area contributed by atoms with Crippen LogP contribution in [-0.4, -0.2) is 33.6 Å². The van der Waals surface area contributed by atoms with Crippen LogP contribution < -0.4 is 16.0 Å². The van der Waals surface area contributed by atoms with Crippen LogP contribution in [-0.2, 0) is 4.74 Å². The highest BCUT2D eigenvalue weighted by Crippen LogP contribution is 2.29. The van der Waals surface area contributed by atoms with Crippen LogP contribution in [0.4, 0.5) is 5.69 Å². The van der Waals surface area contributed by atoms with Gasteiger partial charge in [-0.3, -0.25) is 4.79 Å². The average molecular weight is 601 g/mol. The quantitative estimate of drug-likeness (QED) is 0.144. The van der Waals surface area contributed by atoms with Gasteiger partial charge in [0, 0.05) is 9.13 Å². The lowest BCUT2D eigenvalue weighted by Crippen LogP contribution is -2.56. The Morgan fingerprint density at radius 1 is 1.13 bits per heavy atom. The van der Waals surface area contributed by atoms with E-state index >= 15 is 0 Å². The van der Waals surface area contributed by atoms with Crippen LogP contribution in [0.1, 0.15) is 27.6 Å². The molecule has 0 aliphatic rings. The molecule has 0 spiro atoms. The summed E-state index contributed by atoms with van der Waals surface area (Å²) in [5.41, 5.74) is 1.09. The fraction of sp³-hybridized carbons (Fsp3) is 0.211. The minimum Gasteiger partial charge on any atom is -0.462 e. The van der Waals surface area contributed by atoms with Gasteiger partial charge in [-0.25, -0.2) is 4.79 Å². The van der Waals surface area contributed by atoms with Crippen LogP contribution in [0.2, 0.25) is 0 Å². The molecule has 30 heavy (non-hydrogen) atoms. The van der Waals surface area contributed by atoms with Crippen molar-refractivity contribution in [1.82, 2.24) is 10.6 Å². The molecule has 0 fully saturated rings. The number of hydrogen-bond acceptors (Lipinski definition) is 4. The molecule has 2 aromatic carbocycles. The molecular formula is C19H17Cl3IN3O3S. The summed E-state index contributed by atoms with van der Waals surface area (Å²) >= 11 is 25.4. The molecule has 0 aliphatic heterocycles. The standard InChI is InChI=1S/C19H17Cl3IN3O3S/c1-2-29-16(28)13-8-3-4-9-14(13)24-18(30)26-17(19(20,21)22)25-15(27)11-6-5-7-12(23)10-11/h3-10,17H,2H2,1H3,(H,25,27)(H2,24,26,30). The highest BCUT2D eigenvalue weighted by molar-refractivity contribution is 14.1. The number of para-hydroxylation sites is 1. The number of ether oxygens (including phenoxy) is 1. The van der Waals surface area contributed by atoms with Crippen LogP contribution in [0.25, 0.3) is 0 Å². The minimum absolute atomic E-state index is 0.0333. The van der Waals surface area contributed by atoms with Gasteiger partial charge in [-0.1, -0.05) is 53.0 Å². The lowest BCUT2D eigenvalue weighted by atomic mass is 10.2. The van der Waals surface area contributed by atoms with Crippen molar-refractivity contribution in [1.29, 1.82) is 0 Å². The van der Waals surface area contributed by atoms with Gasteiger partial charge in [0.2, 0.25) is 3.79 Å². The number of carbonyl (C=O) groups excluding carboxylic acids is 2. The Balaban J connectivity index is 2.13. The van der Waals surface area contributed by atoms with Crippen molar-refractivity contribution in [2.75, 3.05) is 11.9 Å². The summed E-state index contributed by atoms with van der Waals surface area (Å²) in [6.07, 6.45) is -1.15. The number of carbonyl (C=O) groups is 2. The van der Waals surface area contributed by atoms with E-state index in [1.165, 1.54) is 0 Å². The second-order valence-corrected chi connectivity index (χ2v) is 9.85. The summed E-state index contributed by atoms with van der Waals surface area (Å²) in [7, 11) is 0. The molecule has 2 aromatic rings. The Kier molecular flexibility index (Phi) is 9.42. The molecule has 0 bridgehead atoms. The topological polar surface area (TPSA) is 79.5 Å². The van der Waals surface area contributed by atoms with Gasteiger partial charge in [0.1, 0.15) is 6.17 Å². The Morgan fingerprint density at radius 3 is 2.47 bits per heavy atom. The van der Waals surface area contributed by atoms with Crippen molar-refractivity contribution in [2.24, 2.45) is 0 Å². The molecule has 0 saturated carbocycles. The van der Waals surface area contributed by atoms with Crippen molar-refractivity contribution in [3.05, 3.63) is 63.2 Å². The zero-order chi connectivity index (χ0) is 22.3. The van der Waals surface area contributed by atoms with Crippen LogP contribution in [0.3, 0.4) is 0 Å². The molecule has 1 amide bonds. The van der Waals surface area contributed by atoms with Gasteiger partial charge in [0.25, 0.3) is 5.91 Å². The molecule has 1 unspecified atom stereocenters. The summed E-state index contributed by atoms with van der Waals surface area (Å²) in [4.78, 5) is 24.7. The average Bonchev–Trinajstić information content (AvgIpc) is 2.67. The molecule has 160 valence electrons. The SMILES string of the molecule is CCOC(=O)c1ccccc1NC(=S)NC(NC(=O)c1cccc(I)c1)C(Cl)(Cl)Cl. The van der Waals surface area contributed by atoms with Gasteiger partial charge >= 0.3 is 5.97 Å². The zero-order valence-corrected chi connectivity index (χ0v) is 20.8. The number of hydrogen-bond donors (Lipinski definition) is 3. The van der Waals surface area contributed by atoms with E-state index in [0.717, 1.165) is 3.57 Å². The number of nitrogens with one attached hydrogen (secondary N) is 3. The third-order valence-corrected chi connectivity index (χ3v) is 5.18. The molecule has 0 saturated heterocycles. The van der Waals surface area contributed by atoms with Crippen LogP contribution in [0.15, 0.2) is 48.5 Å². The molecule has 11 heteroatoms. The van der Waals surface area contributed by atoms with Crippen molar-refractivity contribution in [3.8, 4) is 0 Å². The van der Waals surface area contributed by atoms with E-state index in [0.29, 0.717) is 11.3 Å². The van der Waals surface area contributed by atoms with Gasteiger partial charge in [-0.2, -0.15) is 0 Å². The summed E-state index contributed by atoms with van der Waals surface area (Å²) in [5, 5.41) is 8.26. The number of esters is 1. The van der Waals surface area contributed by atoms with Gasteiger partial charge in [0.15, 0.2) is 5.11 Å². The van der Waals surface area contributed by atoms with Gasteiger partial charge in [-0.05, 0) is 72.1 Å². The number of rotatable bonds is 6. The fourth-order valence-electron chi connectivity index (χ4n) is 2.31. The number of anilines is 1. The molecule has 0 radical (unpaired) electrons. The molecule has 6 nitrogen and oxygen atoms in total. The normalized spacial score (nSPS) is 11.9. The number of thiocarbonyl (C=S) groups is 1. The molecule has 0 heterocycles. The van der Waals surface area contributed by atoms with Crippen LogP contribution >= 0.6 is 69.6 Å². The molecule has 3 N–H and O–H groups in total. The predicted molar refractivity (Wildman–Crippen MR) is 132 cm³/mol. The third-order valence-electron chi connectivity index (χ3n) is 3.64. The van der Waals surface area contributed by atoms with Crippen molar-refractivity contribution < 1.29 is 14.3 Å². The smallest absolute Gasteiger partial charge is 0.340 e. The lowest BCUT2D eigenvalue weighted by molar-refractivity contribution is 0.0527. The summed E-state index contributed by atoms with van der Waals surface area (Å²) in [6, 6.07) is 13.6. The monoisotopic (exact) mass is 599 g/mol. The minimum atomic E-state index is -1.91. The summed E-state index contributed by atoms with van der Waals surface area (Å²) in [6.45, 7) is 1.94. The Morgan fingerprint density at radius 2 is 1.83 bits per heavy atom. The van der Waals surface area contributed by atoms with Crippen LogP contribution in [0.5, 0.6) is 0 Å². The Bertz CT molecular complexity index is 940. The number of halogens is 4. The summed E-state index contributed by atoms with van der Waals surface area (Å²) < 4.78 is 4.00. The molecular weight excluding hydrogens is 584 g/mol. The van der Waals surface area contributed by atoms with E-state index in [-0.39, 0.29) is 17.3 Å². The van der Waals surface area contributed by atoms with E-state index in [1.54, 1.807) is 49.4 Å². The summed E-state index contributed by atoms with van der Waals surface area (Å²) in [5.74, 6) is -0.958. The van der Waals surface area contributed by atoms with E-state index in [1.807, 2.05) is 6.07 Å². The Hall–Kier alpha value is -1.33. The van der Waals surface area contributed by atoms with E-state index in [9.17, 15) is 9.59 Å². The maximum absolute atomic E-state index is 12.6. The van der Waals surface area contributed by atoms with Crippen molar-refractivity contribution >= 4 is 92.3 Å². The van der Waals surface area contributed by atoms with Crippen molar-refractivity contribution in [2.45, 2.75) is 16.9 Å². The molecule has 1 atom stereocenters. The fourth-order valence-corrected chi connectivity index (χ4v) is 3.41. The van der Waals surface area contributed by atoms with Crippen molar-refractivity contribution in [3.63, 3.8) is 0 Å². The first-order chi connectivity index (χ1) is 14.1. The maximum Gasteiger partial charge on any atom is 0.340 e. The first-order valence-corrected chi connectivity index (χ1v) is 11.2. The largest absolute Gasteiger partial charge is 0.462 e. The lowest BCUT2D eigenvalue weighted by Gasteiger charge is -2.28. The van der Waals surface area contributed by atoms with E-state index in [4.69, 9.17) is 51.8 Å². The van der Waals surface area contributed by atoms with Gasteiger partial charge in [0.05, 0.1) is 17.9 Å². The second-order valence-electron chi connectivity index (χ2n) is 5.82. The highest BCUT2D eigenvalue weighted by atomic mass is 127.